The number of rotatable bonds is 89. The van der Waals surface area contributed by atoms with E-state index in [-0.39, 0.29) is 25.7 Å². The highest BCUT2D eigenvalue weighted by Gasteiger charge is 2.31. The molecule has 0 heterocycles. The number of aliphatic hydroxyl groups excluding tert-OH is 1. The molecule has 0 aromatic heterocycles. The van der Waals surface area contributed by atoms with Gasteiger partial charge in [-0.1, -0.05) is 433 Å². The number of carbonyl (C=O) groups is 4. The Balaban J connectivity index is 5.24. The summed E-state index contributed by atoms with van der Waals surface area (Å²) in [6, 6.07) is 0. The molecule has 0 aliphatic carbocycles. The summed E-state index contributed by atoms with van der Waals surface area (Å²) in [5, 5.41) is 10.7. The minimum absolute atomic E-state index is 0.108. The van der Waals surface area contributed by atoms with Gasteiger partial charge in [-0.2, -0.15) is 0 Å². The average molecular weight is 1590 g/mol. The van der Waals surface area contributed by atoms with Gasteiger partial charge in [0.1, 0.15) is 19.3 Å². The second-order valence-electron chi connectivity index (χ2n) is 33.3. The quantitative estimate of drug-likeness (QED) is 0.0222. The van der Waals surface area contributed by atoms with E-state index in [1.807, 2.05) is 0 Å². The zero-order valence-electron chi connectivity index (χ0n) is 71.9. The SMILES string of the molecule is CCCCCCCCCCCCCCCCCCCCCCC(=O)OC[C@H](COP(=O)(O)OC[C@@H](O)COP(=O)(O)OC[C@@H](COC(=O)CCCCCCCCCCCC(C)C)OC(=O)CCCCCCCCCCCCCCCCCC)OC(=O)CCCCCCCCCCCCCCCCCCCCC(C)C. The minimum atomic E-state index is -4.97. The third kappa shape index (κ3) is 83.8. The van der Waals surface area contributed by atoms with Crippen molar-refractivity contribution < 1.29 is 80.2 Å². The molecular formula is C90H176O17P2. The topological polar surface area (TPSA) is 237 Å². The predicted octanol–water partition coefficient (Wildman–Crippen LogP) is 27.8. The van der Waals surface area contributed by atoms with Gasteiger partial charge in [-0.3, -0.25) is 37.3 Å². The summed E-state index contributed by atoms with van der Waals surface area (Å²) in [6.45, 7) is 9.72. The van der Waals surface area contributed by atoms with Crippen molar-refractivity contribution in [2.45, 2.75) is 503 Å². The van der Waals surface area contributed by atoms with Gasteiger partial charge >= 0.3 is 39.5 Å². The lowest BCUT2D eigenvalue weighted by Crippen LogP contribution is -2.30. The fourth-order valence-corrected chi connectivity index (χ4v) is 15.7. The number of hydrogen-bond acceptors (Lipinski definition) is 15. The van der Waals surface area contributed by atoms with Gasteiger partial charge in [0.15, 0.2) is 12.2 Å². The number of esters is 4. The molecule has 19 heteroatoms. The number of hydrogen-bond donors (Lipinski definition) is 3. The van der Waals surface area contributed by atoms with Crippen molar-refractivity contribution in [3.05, 3.63) is 0 Å². The zero-order valence-corrected chi connectivity index (χ0v) is 73.7. The van der Waals surface area contributed by atoms with Crippen molar-refractivity contribution >= 4 is 39.5 Å². The Labute approximate surface area is 670 Å². The minimum Gasteiger partial charge on any atom is -0.462 e. The second-order valence-corrected chi connectivity index (χ2v) is 36.2. The first-order chi connectivity index (χ1) is 52.9. The predicted molar refractivity (Wildman–Crippen MR) is 451 cm³/mol. The lowest BCUT2D eigenvalue weighted by molar-refractivity contribution is -0.161. The van der Waals surface area contributed by atoms with Crippen molar-refractivity contribution in [1.29, 1.82) is 0 Å². The molecule has 5 atom stereocenters. The first-order valence-electron chi connectivity index (χ1n) is 46.5. The molecule has 0 aromatic rings. The first-order valence-corrected chi connectivity index (χ1v) is 49.5. The van der Waals surface area contributed by atoms with Crippen LogP contribution in [-0.2, 0) is 65.4 Å². The smallest absolute Gasteiger partial charge is 0.462 e. The number of carbonyl (C=O) groups excluding carboxylic acids is 4. The molecule has 0 amide bonds. The van der Waals surface area contributed by atoms with E-state index >= 15 is 0 Å². The van der Waals surface area contributed by atoms with Crippen LogP contribution in [0.5, 0.6) is 0 Å². The lowest BCUT2D eigenvalue weighted by Gasteiger charge is -2.21. The normalized spacial score (nSPS) is 13.8. The Bertz CT molecular complexity index is 2080. The van der Waals surface area contributed by atoms with Crippen molar-refractivity contribution in [2.75, 3.05) is 39.6 Å². The fraction of sp³-hybridized carbons (Fsp3) is 0.956. The van der Waals surface area contributed by atoms with Crippen molar-refractivity contribution in [1.82, 2.24) is 0 Å². The molecule has 0 aliphatic heterocycles. The summed E-state index contributed by atoms with van der Waals surface area (Å²) in [7, 11) is -9.93. The molecule has 0 saturated heterocycles. The lowest BCUT2D eigenvalue weighted by atomic mass is 10.0. The highest BCUT2D eigenvalue weighted by atomic mass is 31.2. The molecule has 0 aromatic carbocycles. The Hall–Kier alpha value is -1.94. The summed E-state index contributed by atoms with van der Waals surface area (Å²) in [5.41, 5.74) is 0. The van der Waals surface area contributed by atoms with E-state index in [4.69, 9.17) is 37.0 Å². The van der Waals surface area contributed by atoms with Gasteiger partial charge in [-0.05, 0) is 37.5 Å². The van der Waals surface area contributed by atoms with Crippen LogP contribution in [0.2, 0.25) is 0 Å². The second kappa shape index (κ2) is 81.2. The van der Waals surface area contributed by atoms with Crippen molar-refractivity contribution in [3.63, 3.8) is 0 Å². The van der Waals surface area contributed by atoms with E-state index in [1.165, 1.54) is 302 Å². The van der Waals surface area contributed by atoms with Gasteiger partial charge in [0.05, 0.1) is 26.4 Å². The summed E-state index contributed by atoms with van der Waals surface area (Å²) in [5.74, 6) is -0.532. The standard InChI is InChI=1S/C90H176O17P2/c1-7-9-11-13-15-17-19-21-23-25-26-27-31-35-38-42-48-54-60-66-72-87(92)100-78-85(106-89(94)75-69-63-57-50-44-40-36-32-29-28-30-33-37-41-46-52-58-64-70-82(3)4)80-104-108(96,97)102-76-84(91)77-103-109(98,99)105-81-86(79-101-88(93)73-67-61-55-51-45-47-53-59-65-71-83(5)6)107-90(95)74-68-62-56-49-43-39-34-24-22-20-18-16-14-12-10-8-2/h82-86,91H,7-81H2,1-6H3,(H,96,97)(H,98,99)/t84-,85-,86-/m1/s1. The molecule has 0 radical (unpaired) electrons. The third-order valence-corrected chi connectivity index (χ3v) is 23.1. The Kier molecular flexibility index (Phi) is 79.8. The van der Waals surface area contributed by atoms with Gasteiger partial charge in [-0.15, -0.1) is 0 Å². The Morgan fingerprint density at radius 3 is 0.624 bits per heavy atom. The van der Waals surface area contributed by atoms with E-state index in [9.17, 15) is 43.2 Å². The number of unbranched alkanes of at least 4 members (excludes halogenated alkanes) is 59. The van der Waals surface area contributed by atoms with E-state index in [1.54, 1.807) is 0 Å². The van der Waals surface area contributed by atoms with Gasteiger partial charge < -0.3 is 33.8 Å². The number of ether oxygens (including phenoxy) is 4. The highest BCUT2D eigenvalue weighted by Crippen LogP contribution is 2.45. The molecule has 0 spiro atoms. The van der Waals surface area contributed by atoms with Gasteiger partial charge in [-0.25, -0.2) is 9.13 Å². The van der Waals surface area contributed by atoms with Crippen molar-refractivity contribution in [3.8, 4) is 0 Å². The maximum absolute atomic E-state index is 13.2. The van der Waals surface area contributed by atoms with Gasteiger partial charge in [0.25, 0.3) is 0 Å². The first kappa shape index (κ1) is 107. The molecule has 0 bridgehead atoms. The summed E-state index contributed by atoms with van der Waals surface area (Å²) >= 11 is 0. The number of aliphatic hydroxyl groups is 1. The molecule has 3 N–H and O–H groups in total. The van der Waals surface area contributed by atoms with E-state index in [0.717, 1.165) is 102 Å². The van der Waals surface area contributed by atoms with E-state index in [0.29, 0.717) is 25.7 Å². The van der Waals surface area contributed by atoms with Crippen LogP contribution >= 0.6 is 15.6 Å². The van der Waals surface area contributed by atoms with Crippen LogP contribution in [0.15, 0.2) is 0 Å². The number of phosphoric ester groups is 2. The maximum atomic E-state index is 13.2. The fourth-order valence-electron chi connectivity index (χ4n) is 14.1. The molecule has 2 unspecified atom stereocenters. The summed E-state index contributed by atoms with van der Waals surface area (Å²) in [4.78, 5) is 73.4. The van der Waals surface area contributed by atoms with Crippen LogP contribution in [0, 0.1) is 11.8 Å². The molecular weight excluding hydrogens is 1410 g/mol. The largest absolute Gasteiger partial charge is 0.472 e. The molecule has 17 nitrogen and oxygen atoms in total. The van der Waals surface area contributed by atoms with Crippen LogP contribution < -0.4 is 0 Å². The van der Waals surface area contributed by atoms with Gasteiger partial charge in [0.2, 0.25) is 0 Å². The molecule has 0 fully saturated rings. The highest BCUT2D eigenvalue weighted by molar-refractivity contribution is 7.47. The summed E-state index contributed by atoms with van der Waals surface area (Å²) in [6.07, 6.45) is 75.1. The Morgan fingerprint density at radius 2 is 0.422 bits per heavy atom. The average Bonchev–Trinajstić information content (AvgIpc) is 0.899. The third-order valence-electron chi connectivity index (χ3n) is 21.2. The zero-order chi connectivity index (χ0) is 79.9. The molecule has 109 heavy (non-hydrogen) atoms. The number of phosphoric acid groups is 2. The monoisotopic (exact) mass is 1590 g/mol. The van der Waals surface area contributed by atoms with Crippen LogP contribution in [0.1, 0.15) is 485 Å². The molecule has 0 rings (SSSR count). The molecule has 648 valence electrons. The summed E-state index contributed by atoms with van der Waals surface area (Å²) < 4.78 is 69.0. The van der Waals surface area contributed by atoms with E-state index < -0.39 is 97.5 Å². The van der Waals surface area contributed by atoms with Crippen LogP contribution in [0.25, 0.3) is 0 Å². The van der Waals surface area contributed by atoms with Gasteiger partial charge in [0, 0.05) is 25.7 Å². The molecule has 0 saturated carbocycles. The van der Waals surface area contributed by atoms with Crippen LogP contribution in [-0.4, -0.2) is 96.7 Å². The molecule has 0 aliphatic rings. The van der Waals surface area contributed by atoms with Crippen molar-refractivity contribution in [2.24, 2.45) is 11.8 Å². The van der Waals surface area contributed by atoms with E-state index in [2.05, 4.69) is 41.5 Å². The van der Waals surface area contributed by atoms with Crippen LogP contribution in [0.4, 0.5) is 0 Å². The maximum Gasteiger partial charge on any atom is 0.472 e. The Morgan fingerprint density at radius 1 is 0.248 bits per heavy atom. The van der Waals surface area contributed by atoms with Crippen LogP contribution in [0.3, 0.4) is 0 Å².